The minimum atomic E-state index is -0.269. The summed E-state index contributed by atoms with van der Waals surface area (Å²) in [4.78, 5) is 11.3. The van der Waals surface area contributed by atoms with E-state index in [1.165, 1.54) is 6.08 Å². The van der Waals surface area contributed by atoms with E-state index in [1.807, 2.05) is 0 Å². The van der Waals surface area contributed by atoms with E-state index in [9.17, 15) is 4.79 Å². The molecule has 6 heteroatoms. The number of nitrogen functional groups attached to an aromatic ring is 2. The van der Waals surface area contributed by atoms with Crippen LogP contribution in [0.3, 0.4) is 0 Å². The molecular weight excluding hydrogens is 170 g/mol. The molecule has 1 aromatic rings. The Morgan fingerprint density at radius 3 is 2.77 bits per heavy atom. The first-order chi connectivity index (χ1) is 6.16. The first kappa shape index (κ1) is 9.11. The van der Waals surface area contributed by atoms with Crippen LogP contribution in [0.15, 0.2) is 12.7 Å². The maximum absolute atomic E-state index is 11.3. The van der Waals surface area contributed by atoms with Crippen LogP contribution in [0, 0.1) is 0 Å². The first-order valence-electron chi connectivity index (χ1n) is 3.55. The number of hydrogen-bond acceptors (Lipinski definition) is 6. The van der Waals surface area contributed by atoms with E-state index in [2.05, 4.69) is 22.0 Å². The van der Waals surface area contributed by atoms with Gasteiger partial charge in [0.2, 0.25) is 0 Å². The molecule has 0 radical (unpaired) electrons. The lowest BCUT2D eigenvalue weighted by molar-refractivity contribution is 0.0991. The van der Waals surface area contributed by atoms with Gasteiger partial charge in [0.15, 0.2) is 17.3 Å². The van der Waals surface area contributed by atoms with E-state index in [0.717, 1.165) is 0 Å². The third kappa shape index (κ3) is 1.78. The van der Waals surface area contributed by atoms with Crippen molar-refractivity contribution in [1.82, 2.24) is 15.4 Å². The Morgan fingerprint density at radius 2 is 2.15 bits per heavy atom. The second-order valence-corrected chi connectivity index (χ2v) is 2.35. The van der Waals surface area contributed by atoms with Gasteiger partial charge in [0.1, 0.15) is 5.69 Å². The molecule has 0 aliphatic rings. The lowest BCUT2D eigenvalue weighted by Crippen LogP contribution is -2.11. The van der Waals surface area contributed by atoms with Gasteiger partial charge in [-0.2, -0.15) is 0 Å². The van der Waals surface area contributed by atoms with Gasteiger partial charge in [-0.15, -0.1) is 16.8 Å². The fourth-order valence-corrected chi connectivity index (χ4v) is 0.778. The van der Waals surface area contributed by atoms with E-state index in [4.69, 9.17) is 11.5 Å². The van der Waals surface area contributed by atoms with Gasteiger partial charge in [-0.1, -0.05) is 6.08 Å². The molecule has 68 valence electrons. The highest BCUT2D eigenvalue weighted by Crippen LogP contribution is 2.14. The maximum Gasteiger partial charge on any atom is 0.189 e. The fraction of sp³-hybridized carbons (Fsp3) is 0.143. The monoisotopic (exact) mass is 179 g/mol. The van der Waals surface area contributed by atoms with Gasteiger partial charge in [0, 0.05) is 6.42 Å². The van der Waals surface area contributed by atoms with Crippen LogP contribution in [0.25, 0.3) is 0 Å². The van der Waals surface area contributed by atoms with Crippen molar-refractivity contribution >= 4 is 17.3 Å². The fourth-order valence-electron chi connectivity index (χ4n) is 0.778. The summed E-state index contributed by atoms with van der Waals surface area (Å²) >= 11 is 0. The van der Waals surface area contributed by atoms with E-state index in [-0.39, 0.29) is 29.4 Å². The first-order valence-corrected chi connectivity index (χ1v) is 3.55. The molecule has 13 heavy (non-hydrogen) atoms. The summed E-state index contributed by atoms with van der Waals surface area (Å²) in [6, 6.07) is 0. The molecule has 4 N–H and O–H groups in total. The lowest BCUT2D eigenvalue weighted by atomic mass is 10.2. The van der Waals surface area contributed by atoms with Crippen molar-refractivity contribution in [3.8, 4) is 0 Å². The number of nitrogens with two attached hydrogens (primary N) is 2. The molecule has 0 saturated heterocycles. The Bertz CT molecular complexity index is 349. The van der Waals surface area contributed by atoms with Crippen LogP contribution in [0.1, 0.15) is 16.9 Å². The SMILES string of the molecule is C=CCC(=O)c1nnnc(N)c1N. The number of rotatable bonds is 3. The van der Waals surface area contributed by atoms with E-state index in [1.54, 1.807) is 0 Å². The largest absolute Gasteiger partial charge is 0.394 e. The molecule has 6 nitrogen and oxygen atoms in total. The van der Waals surface area contributed by atoms with Crippen LogP contribution < -0.4 is 11.5 Å². The Kier molecular flexibility index (Phi) is 2.53. The summed E-state index contributed by atoms with van der Waals surface area (Å²) in [6.07, 6.45) is 1.61. The van der Waals surface area contributed by atoms with E-state index < -0.39 is 0 Å². The van der Waals surface area contributed by atoms with Crippen LogP contribution >= 0.6 is 0 Å². The number of anilines is 2. The van der Waals surface area contributed by atoms with Crippen molar-refractivity contribution in [1.29, 1.82) is 0 Å². The lowest BCUT2D eigenvalue weighted by Gasteiger charge is -2.01. The minimum absolute atomic E-state index is 0.0161. The highest BCUT2D eigenvalue weighted by atomic mass is 16.1. The average Bonchev–Trinajstić information content (AvgIpc) is 2.10. The molecule has 0 spiro atoms. The number of allylic oxidation sites excluding steroid dienone is 1. The van der Waals surface area contributed by atoms with Crippen LogP contribution in [-0.4, -0.2) is 21.2 Å². The second-order valence-electron chi connectivity index (χ2n) is 2.35. The molecule has 0 fully saturated rings. The van der Waals surface area contributed by atoms with E-state index >= 15 is 0 Å². The van der Waals surface area contributed by atoms with Crippen molar-refractivity contribution < 1.29 is 4.79 Å². The molecular formula is C7H9N5O. The number of carbonyl (C=O) groups is 1. The molecule has 1 heterocycles. The van der Waals surface area contributed by atoms with Crippen LogP contribution in [-0.2, 0) is 0 Å². The van der Waals surface area contributed by atoms with Gasteiger partial charge in [-0.25, -0.2) is 0 Å². The normalized spacial score (nSPS) is 9.54. The van der Waals surface area contributed by atoms with Gasteiger partial charge < -0.3 is 11.5 Å². The number of nitrogens with zero attached hydrogens (tertiary/aromatic N) is 3. The summed E-state index contributed by atoms with van der Waals surface area (Å²) in [7, 11) is 0. The summed E-state index contributed by atoms with van der Waals surface area (Å²) in [6.45, 7) is 3.42. The summed E-state index contributed by atoms with van der Waals surface area (Å²) in [5.41, 5.74) is 10.9. The number of carbonyl (C=O) groups excluding carboxylic acids is 1. The summed E-state index contributed by atoms with van der Waals surface area (Å²) in [5, 5.41) is 10.2. The molecule has 0 unspecified atom stereocenters. The Morgan fingerprint density at radius 1 is 1.46 bits per heavy atom. The topological polar surface area (TPSA) is 108 Å². The Hall–Kier alpha value is -1.98. The van der Waals surface area contributed by atoms with Gasteiger partial charge in [0.25, 0.3) is 0 Å². The maximum atomic E-state index is 11.3. The van der Waals surface area contributed by atoms with Crippen molar-refractivity contribution in [2.24, 2.45) is 0 Å². The van der Waals surface area contributed by atoms with E-state index in [0.29, 0.717) is 0 Å². The zero-order valence-corrected chi connectivity index (χ0v) is 6.90. The van der Waals surface area contributed by atoms with Crippen molar-refractivity contribution in [2.75, 3.05) is 11.5 Å². The zero-order chi connectivity index (χ0) is 9.84. The standard InChI is InChI=1S/C7H9N5O/c1-2-3-4(13)6-5(8)7(9)11-12-10-6/h2H,1,3H2,(H2,8,12)(H2,9,10,11). The van der Waals surface area contributed by atoms with Crippen molar-refractivity contribution in [3.63, 3.8) is 0 Å². The predicted octanol–water partition coefficient (Wildman–Crippen LogP) is -0.205. The second kappa shape index (κ2) is 3.61. The summed E-state index contributed by atoms with van der Waals surface area (Å²) in [5.74, 6) is -0.253. The third-order valence-corrected chi connectivity index (χ3v) is 1.42. The highest BCUT2D eigenvalue weighted by Gasteiger charge is 2.13. The molecule has 0 amide bonds. The number of aromatic nitrogens is 3. The third-order valence-electron chi connectivity index (χ3n) is 1.42. The molecule has 1 aromatic heterocycles. The zero-order valence-electron chi connectivity index (χ0n) is 6.90. The van der Waals surface area contributed by atoms with Gasteiger partial charge >= 0.3 is 0 Å². The molecule has 0 saturated carbocycles. The average molecular weight is 179 g/mol. The number of ketones is 1. The number of Topliss-reactive ketones (excluding diaryl/α,β-unsaturated/α-hetero) is 1. The minimum Gasteiger partial charge on any atom is -0.394 e. The predicted molar refractivity (Wildman–Crippen MR) is 47.8 cm³/mol. The Labute approximate surface area is 74.6 Å². The molecule has 0 aromatic carbocycles. The van der Waals surface area contributed by atoms with Crippen molar-refractivity contribution in [3.05, 3.63) is 18.3 Å². The quantitative estimate of drug-likeness (QED) is 0.491. The number of hydrogen-bond donors (Lipinski definition) is 2. The molecule has 0 atom stereocenters. The van der Waals surface area contributed by atoms with Gasteiger partial charge in [-0.05, 0) is 5.21 Å². The van der Waals surface area contributed by atoms with Gasteiger partial charge in [0.05, 0.1) is 0 Å². The summed E-state index contributed by atoms with van der Waals surface area (Å²) < 4.78 is 0. The van der Waals surface area contributed by atoms with Gasteiger partial charge in [-0.3, -0.25) is 4.79 Å². The smallest absolute Gasteiger partial charge is 0.189 e. The highest BCUT2D eigenvalue weighted by molar-refractivity contribution is 6.00. The van der Waals surface area contributed by atoms with Crippen LogP contribution in [0.5, 0.6) is 0 Å². The van der Waals surface area contributed by atoms with Crippen molar-refractivity contribution in [2.45, 2.75) is 6.42 Å². The molecule has 0 aliphatic carbocycles. The molecule has 0 bridgehead atoms. The Balaban J connectivity index is 3.07. The van der Waals surface area contributed by atoms with Crippen LogP contribution in [0.2, 0.25) is 0 Å². The van der Waals surface area contributed by atoms with Crippen LogP contribution in [0.4, 0.5) is 11.5 Å². The molecule has 0 aliphatic heterocycles. The molecule has 1 rings (SSSR count).